The van der Waals surface area contributed by atoms with Gasteiger partial charge in [0, 0.05) is 6.54 Å². The van der Waals surface area contributed by atoms with Crippen molar-refractivity contribution in [1.29, 1.82) is 0 Å². The van der Waals surface area contributed by atoms with Gasteiger partial charge < -0.3 is 5.32 Å². The smallest absolute Gasteiger partial charge is 0.227 e. The van der Waals surface area contributed by atoms with Gasteiger partial charge in [0.05, 0.1) is 5.92 Å². The molecule has 1 saturated carbocycles. The molecule has 2 rings (SSSR count). The quantitative estimate of drug-likeness (QED) is 0.739. The van der Waals surface area contributed by atoms with Crippen LogP contribution in [0.1, 0.15) is 63.4 Å². The second kappa shape index (κ2) is 8.08. The Morgan fingerprint density at radius 1 is 1.25 bits per heavy atom. The first-order chi connectivity index (χ1) is 9.81. The van der Waals surface area contributed by atoms with Crippen LogP contribution in [0.4, 0.5) is 0 Å². The third-order valence-corrected chi connectivity index (χ3v) is 4.49. The van der Waals surface area contributed by atoms with Crippen molar-refractivity contribution in [2.24, 2.45) is 5.92 Å². The first kappa shape index (κ1) is 15.1. The van der Waals surface area contributed by atoms with E-state index in [2.05, 4.69) is 12.2 Å². The highest BCUT2D eigenvalue weighted by atomic mass is 16.1. The number of amides is 1. The molecule has 2 heteroatoms. The van der Waals surface area contributed by atoms with Crippen LogP contribution >= 0.6 is 0 Å². The van der Waals surface area contributed by atoms with E-state index in [1.165, 1.54) is 32.1 Å². The average Bonchev–Trinajstić information content (AvgIpc) is 2.99. The van der Waals surface area contributed by atoms with Gasteiger partial charge in [0.15, 0.2) is 0 Å². The number of carbonyl (C=O) groups excluding carboxylic acids is 1. The summed E-state index contributed by atoms with van der Waals surface area (Å²) in [7, 11) is 0. The fourth-order valence-corrected chi connectivity index (χ4v) is 3.28. The van der Waals surface area contributed by atoms with Crippen LogP contribution in [0.3, 0.4) is 0 Å². The minimum atomic E-state index is 0.00248. The predicted octanol–water partition coefficient (Wildman–Crippen LogP) is 4.27. The molecule has 2 nitrogen and oxygen atoms in total. The molecule has 0 aromatic heterocycles. The zero-order valence-electron chi connectivity index (χ0n) is 12.6. The predicted molar refractivity (Wildman–Crippen MR) is 83.7 cm³/mol. The lowest BCUT2D eigenvalue weighted by Gasteiger charge is -2.16. The van der Waals surface area contributed by atoms with Gasteiger partial charge in [-0.15, -0.1) is 0 Å². The number of rotatable bonds is 7. The largest absolute Gasteiger partial charge is 0.356 e. The molecule has 1 fully saturated rings. The van der Waals surface area contributed by atoms with E-state index in [0.717, 1.165) is 30.9 Å². The van der Waals surface area contributed by atoms with E-state index in [0.29, 0.717) is 0 Å². The van der Waals surface area contributed by atoms with Crippen molar-refractivity contribution < 1.29 is 4.79 Å². The molecule has 0 bridgehead atoms. The van der Waals surface area contributed by atoms with Crippen LogP contribution in [-0.2, 0) is 4.79 Å². The number of hydrogen-bond donors (Lipinski definition) is 1. The van der Waals surface area contributed by atoms with Crippen molar-refractivity contribution in [2.75, 3.05) is 6.54 Å². The van der Waals surface area contributed by atoms with Gasteiger partial charge in [-0.2, -0.15) is 0 Å². The average molecular weight is 273 g/mol. The number of carbonyl (C=O) groups is 1. The molecular weight excluding hydrogens is 246 g/mol. The van der Waals surface area contributed by atoms with Gasteiger partial charge >= 0.3 is 0 Å². The Balaban J connectivity index is 1.72. The van der Waals surface area contributed by atoms with Crippen LogP contribution in [-0.4, -0.2) is 12.5 Å². The van der Waals surface area contributed by atoms with E-state index in [1.807, 2.05) is 30.3 Å². The summed E-state index contributed by atoms with van der Waals surface area (Å²) in [6, 6.07) is 10.1. The molecule has 1 amide bonds. The van der Waals surface area contributed by atoms with Crippen molar-refractivity contribution in [2.45, 2.75) is 57.8 Å². The molecule has 1 aromatic rings. The van der Waals surface area contributed by atoms with Gasteiger partial charge in [-0.25, -0.2) is 0 Å². The molecule has 20 heavy (non-hydrogen) atoms. The summed E-state index contributed by atoms with van der Waals surface area (Å²) < 4.78 is 0. The second-order valence-electron chi connectivity index (χ2n) is 5.96. The zero-order valence-corrected chi connectivity index (χ0v) is 12.6. The van der Waals surface area contributed by atoms with Gasteiger partial charge in [0.1, 0.15) is 0 Å². The summed E-state index contributed by atoms with van der Waals surface area (Å²) in [5.74, 6) is 1.11. The zero-order chi connectivity index (χ0) is 14.2. The summed E-state index contributed by atoms with van der Waals surface area (Å²) in [6.45, 7) is 2.91. The van der Waals surface area contributed by atoms with E-state index < -0.39 is 0 Å². The Hall–Kier alpha value is -1.31. The molecule has 0 spiro atoms. The highest BCUT2D eigenvalue weighted by molar-refractivity contribution is 5.83. The van der Waals surface area contributed by atoms with Crippen LogP contribution in [0.5, 0.6) is 0 Å². The maximum Gasteiger partial charge on any atom is 0.227 e. The molecule has 1 aromatic carbocycles. The second-order valence-corrected chi connectivity index (χ2v) is 5.96. The van der Waals surface area contributed by atoms with Crippen LogP contribution < -0.4 is 5.32 Å². The minimum absolute atomic E-state index is 0.00248. The molecule has 1 N–H and O–H groups in total. The van der Waals surface area contributed by atoms with Crippen molar-refractivity contribution >= 4 is 5.91 Å². The Bertz CT molecular complexity index is 395. The summed E-state index contributed by atoms with van der Waals surface area (Å²) in [5, 5.41) is 3.12. The van der Waals surface area contributed by atoms with Gasteiger partial charge in [0.2, 0.25) is 5.91 Å². The summed E-state index contributed by atoms with van der Waals surface area (Å²) in [4.78, 5) is 12.3. The van der Waals surface area contributed by atoms with E-state index in [9.17, 15) is 4.79 Å². The molecule has 1 aliphatic carbocycles. The van der Waals surface area contributed by atoms with Crippen molar-refractivity contribution in [1.82, 2.24) is 5.32 Å². The van der Waals surface area contributed by atoms with E-state index >= 15 is 0 Å². The molecule has 0 heterocycles. The molecule has 1 unspecified atom stereocenters. The lowest BCUT2D eigenvalue weighted by Crippen LogP contribution is -2.30. The fraction of sp³-hybridized carbons (Fsp3) is 0.611. The maximum absolute atomic E-state index is 12.3. The van der Waals surface area contributed by atoms with Crippen LogP contribution in [0.15, 0.2) is 30.3 Å². The molecule has 0 aliphatic heterocycles. The van der Waals surface area contributed by atoms with Crippen molar-refractivity contribution in [3.63, 3.8) is 0 Å². The van der Waals surface area contributed by atoms with E-state index in [1.54, 1.807) is 0 Å². The molecule has 0 saturated heterocycles. The van der Waals surface area contributed by atoms with Gasteiger partial charge in [-0.3, -0.25) is 4.79 Å². The van der Waals surface area contributed by atoms with Gasteiger partial charge in [-0.1, -0.05) is 62.9 Å². The Morgan fingerprint density at radius 3 is 2.60 bits per heavy atom. The minimum Gasteiger partial charge on any atom is -0.356 e. The summed E-state index contributed by atoms with van der Waals surface area (Å²) in [6.07, 6.45) is 8.87. The highest BCUT2D eigenvalue weighted by Gasteiger charge is 2.18. The van der Waals surface area contributed by atoms with E-state index in [-0.39, 0.29) is 11.8 Å². The monoisotopic (exact) mass is 273 g/mol. The van der Waals surface area contributed by atoms with Crippen LogP contribution in [0, 0.1) is 5.92 Å². The van der Waals surface area contributed by atoms with Gasteiger partial charge in [0.25, 0.3) is 0 Å². The molecular formula is C18H27NO. The maximum atomic E-state index is 12.3. The highest BCUT2D eigenvalue weighted by Crippen LogP contribution is 2.28. The lowest BCUT2D eigenvalue weighted by molar-refractivity contribution is -0.122. The summed E-state index contributed by atoms with van der Waals surface area (Å²) in [5.41, 5.74) is 1.13. The molecule has 0 radical (unpaired) electrons. The number of hydrogen-bond acceptors (Lipinski definition) is 1. The van der Waals surface area contributed by atoms with Gasteiger partial charge in [-0.05, 0) is 30.7 Å². The van der Waals surface area contributed by atoms with Crippen LogP contribution in [0.2, 0.25) is 0 Å². The Labute approximate surface area is 123 Å². The first-order valence-corrected chi connectivity index (χ1v) is 8.14. The summed E-state index contributed by atoms with van der Waals surface area (Å²) >= 11 is 0. The standard InChI is InChI=1S/C18H27NO/c1-2-17(16-12-4-3-5-13-16)18(20)19-14-8-11-15-9-6-7-10-15/h3-5,12-13,15,17H,2,6-11,14H2,1H3,(H,19,20). The number of nitrogens with one attached hydrogen (secondary N) is 1. The third-order valence-electron chi connectivity index (χ3n) is 4.49. The SMILES string of the molecule is CCC(C(=O)NCCCC1CCCC1)c1ccccc1. The Morgan fingerprint density at radius 2 is 1.95 bits per heavy atom. The lowest BCUT2D eigenvalue weighted by atomic mass is 9.95. The Kier molecular flexibility index (Phi) is 6.10. The van der Waals surface area contributed by atoms with Crippen molar-refractivity contribution in [3.8, 4) is 0 Å². The molecule has 1 aliphatic rings. The molecule has 1 atom stereocenters. The topological polar surface area (TPSA) is 29.1 Å². The number of benzene rings is 1. The fourth-order valence-electron chi connectivity index (χ4n) is 3.28. The third kappa shape index (κ3) is 4.36. The normalized spacial score (nSPS) is 17.1. The van der Waals surface area contributed by atoms with Crippen molar-refractivity contribution in [3.05, 3.63) is 35.9 Å². The van der Waals surface area contributed by atoms with E-state index in [4.69, 9.17) is 0 Å². The first-order valence-electron chi connectivity index (χ1n) is 8.14. The molecule has 110 valence electrons. The van der Waals surface area contributed by atoms with Crippen LogP contribution in [0.25, 0.3) is 0 Å².